The summed E-state index contributed by atoms with van der Waals surface area (Å²) >= 11 is 1.46. The zero-order valence-corrected chi connectivity index (χ0v) is 14.5. The van der Waals surface area contributed by atoms with Crippen LogP contribution in [0.4, 0.5) is 5.69 Å². The number of hydrogen-bond acceptors (Lipinski definition) is 4. The van der Waals surface area contributed by atoms with Crippen molar-refractivity contribution in [1.29, 1.82) is 0 Å². The minimum atomic E-state index is 0.00572. The molecule has 3 heterocycles. The number of rotatable bonds is 1. The molecule has 0 saturated heterocycles. The maximum Gasteiger partial charge on any atom is 0.277 e. The molecule has 0 bridgehead atoms. The maximum atomic E-state index is 13.1. The smallest absolute Gasteiger partial charge is 0.277 e. The summed E-state index contributed by atoms with van der Waals surface area (Å²) in [5, 5.41) is 0. The molecule has 0 N–H and O–H groups in total. The summed E-state index contributed by atoms with van der Waals surface area (Å²) < 4.78 is 2.46. The quantitative estimate of drug-likeness (QED) is 0.531. The van der Waals surface area contributed by atoms with Crippen LogP contribution in [0, 0.1) is 0 Å². The van der Waals surface area contributed by atoms with Crippen LogP contribution in [0.1, 0.15) is 12.5 Å². The summed E-state index contributed by atoms with van der Waals surface area (Å²) in [6.45, 7) is 2.91. The van der Waals surface area contributed by atoms with Crippen molar-refractivity contribution in [3.05, 3.63) is 75.1 Å². The number of nitrogens with zero attached hydrogens (tertiary/aromatic N) is 3. The predicted octanol–water partition coefficient (Wildman–Crippen LogP) is 3.29. The molecule has 0 saturated carbocycles. The van der Waals surface area contributed by atoms with Gasteiger partial charge in [-0.05, 0) is 36.8 Å². The molecule has 0 aliphatic carbocycles. The molecule has 5 heteroatoms. The highest BCUT2D eigenvalue weighted by Gasteiger charge is 2.20. The second-order valence-electron chi connectivity index (χ2n) is 5.98. The largest absolute Gasteiger partial charge is 0.340 e. The Bertz CT molecular complexity index is 1270. The fourth-order valence-corrected chi connectivity index (χ4v) is 4.53. The fourth-order valence-electron chi connectivity index (χ4n) is 3.47. The third kappa shape index (κ3) is 1.99. The third-order valence-electron chi connectivity index (χ3n) is 4.61. The number of imidazole rings is 1. The van der Waals surface area contributed by atoms with Crippen LogP contribution >= 0.6 is 11.3 Å². The van der Waals surface area contributed by atoms with Gasteiger partial charge in [-0.15, -0.1) is 0 Å². The number of para-hydroxylation sites is 3. The lowest BCUT2D eigenvalue weighted by molar-refractivity contribution is 1.02. The van der Waals surface area contributed by atoms with Crippen LogP contribution in [0.15, 0.2) is 59.4 Å². The van der Waals surface area contributed by atoms with Crippen molar-refractivity contribution in [2.24, 2.45) is 0 Å². The van der Waals surface area contributed by atoms with Gasteiger partial charge in [-0.1, -0.05) is 47.7 Å². The summed E-state index contributed by atoms with van der Waals surface area (Å²) in [4.78, 5) is 20.7. The number of hydrogen-bond donors (Lipinski definition) is 0. The summed E-state index contributed by atoms with van der Waals surface area (Å²) in [7, 11) is 0. The minimum Gasteiger partial charge on any atom is -0.340 e. The summed E-state index contributed by atoms with van der Waals surface area (Å²) in [5.74, 6) is 0. The van der Waals surface area contributed by atoms with E-state index in [1.54, 1.807) is 4.40 Å². The number of likely N-dealkylation sites (N-methyl/N-ethyl adjacent to an activating group) is 1. The molecular weight excluding hydrogens is 330 g/mol. The molecule has 1 aliphatic heterocycles. The van der Waals surface area contributed by atoms with Gasteiger partial charge in [0.15, 0.2) is 4.96 Å². The first-order chi connectivity index (χ1) is 12.3. The molecule has 4 aromatic rings. The average molecular weight is 345 g/mol. The summed E-state index contributed by atoms with van der Waals surface area (Å²) in [5.41, 5.74) is 5.00. The van der Waals surface area contributed by atoms with Crippen molar-refractivity contribution >= 4 is 44.8 Å². The molecule has 0 spiro atoms. The van der Waals surface area contributed by atoms with E-state index in [1.165, 1.54) is 16.9 Å². The van der Waals surface area contributed by atoms with Gasteiger partial charge in [0, 0.05) is 12.2 Å². The number of fused-ring (bicyclic) bond motifs is 4. The van der Waals surface area contributed by atoms with Crippen molar-refractivity contribution < 1.29 is 0 Å². The first-order valence-electron chi connectivity index (χ1n) is 8.27. The topological polar surface area (TPSA) is 37.6 Å². The molecular formula is C20H15N3OS. The monoisotopic (exact) mass is 345 g/mol. The highest BCUT2D eigenvalue weighted by atomic mass is 32.1. The van der Waals surface area contributed by atoms with E-state index in [4.69, 9.17) is 0 Å². The molecule has 122 valence electrons. The van der Waals surface area contributed by atoms with Crippen LogP contribution in [0.3, 0.4) is 0 Å². The minimum absolute atomic E-state index is 0.00572. The van der Waals surface area contributed by atoms with Crippen LogP contribution < -0.4 is 15.0 Å². The Morgan fingerprint density at radius 2 is 1.84 bits per heavy atom. The Kier molecular flexibility index (Phi) is 3.05. The Hall–Kier alpha value is -2.92. The van der Waals surface area contributed by atoms with E-state index in [1.807, 2.05) is 42.5 Å². The van der Waals surface area contributed by atoms with Gasteiger partial charge in [0.1, 0.15) is 4.53 Å². The molecule has 1 aliphatic rings. The lowest BCUT2D eigenvalue weighted by Gasteiger charge is -2.28. The van der Waals surface area contributed by atoms with Crippen LogP contribution in [0.5, 0.6) is 0 Å². The number of thiazole rings is 1. The van der Waals surface area contributed by atoms with E-state index >= 15 is 0 Å². The van der Waals surface area contributed by atoms with Crippen LogP contribution in [-0.4, -0.2) is 15.9 Å². The normalized spacial score (nSPS) is 16.0. The second kappa shape index (κ2) is 5.29. The third-order valence-corrected chi connectivity index (χ3v) is 5.65. The fraction of sp³-hybridized carbons (Fsp3) is 0.100. The number of anilines is 1. The summed E-state index contributed by atoms with van der Waals surface area (Å²) in [6, 6.07) is 16.0. The van der Waals surface area contributed by atoms with Gasteiger partial charge in [0.2, 0.25) is 0 Å². The molecule has 25 heavy (non-hydrogen) atoms. The van der Waals surface area contributed by atoms with Gasteiger partial charge in [0.25, 0.3) is 5.56 Å². The van der Waals surface area contributed by atoms with Gasteiger partial charge in [-0.25, -0.2) is 9.38 Å². The average Bonchev–Trinajstić information content (AvgIpc) is 3.17. The van der Waals surface area contributed by atoms with Gasteiger partial charge in [-0.3, -0.25) is 4.79 Å². The molecule has 5 rings (SSSR count). The molecule has 2 aromatic heterocycles. The van der Waals surface area contributed by atoms with Crippen molar-refractivity contribution in [3.8, 4) is 0 Å². The van der Waals surface area contributed by atoms with Crippen LogP contribution in [-0.2, 0) is 0 Å². The molecule has 0 amide bonds. The second-order valence-corrected chi connectivity index (χ2v) is 6.95. The van der Waals surface area contributed by atoms with E-state index < -0.39 is 0 Å². The van der Waals surface area contributed by atoms with Crippen molar-refractivity contribution in [3.63, 3.8) is 0 Å². The van der Waals surface area contributed by atoms with Gasteiger partial charge in [0.05, 0.1) is 16.7 Å². The molecule has 0 unspecified atom stereocenters. The van der Waals surface area contributed by atoms with Gasteiger partial charge in [-0.2, -0.15) is 0 Å². The van der Waals surface area contributed by atoms with E-state index in [-0.39, 0.29) is 5.56 Å². The molecule has 0 atom stereocenters. The molecule has 4 nitrogen and oxygen atoms in total. The first kappa shape index (κ1) is 14.4. The van der Waals surface area contributed by atoms with E-state index in [0.717, 1.165) is 38.5 Å². The first-order valence-corrected chi connectivity index (χ1v) is 9.08. The Morgan fingerprint density at radius 3 is 2.72 bits per heavy atom. The predicted molar refractivity (Wildman–Crippen MR) is 104 cm³/mol. The maximum absolute atomic E-state index is 13.1. The highest BCUT2D eigenvalue weighted by molar-refractivity contribution is 7.15. The van der Waals surface area contributed by atoms with E-state index in [0.29, 0.717) is 0 Å². The zero-order chi connectivity index (χ0) is 17.0. The zero-order valence-electron chi connectivity index (χ0n) is 13.6. The molecule has 2 aromatic carbocycles. The van der Waals surface area contributed by atoms with Crippen molar-refractivity contribution in [2.45, 2.75) is 6.92 Å². The summed E-state index contributed by atoms with van der Waals surface area (Å²) in [6.07, 6.45) is 4.12. The van der Waals surface area contributed by atoms with Crippen molar-refractivity contribution in [1.82, 2.24) is 9.38 Å². The molecule has 0 radical (unpaired) electrons. The van der Waals surface area contributed by atoms with Crippen LogP contribution in [0.25, 0.3) is 27.8 Å². The number of benzene rings is 2. The number of aromatic nitrogens is 2. The standard InChI is InChI=1S/C20H15N3OS/c1-2-22-15-9-5-3-7-13(15)11-12-17(22)18-19(24)23-16-10-6-4-8-14(16)21-20(23)25-18/h3-12H,2H2,1H3. The van der Waals surface area contributed by atoms with Gasteiger partial charge < -0.3 is 4.90 Å². The highest BCUT2D eigenvalue weighted by Crippen LogP contribution is 2.30. The van der Waals surface area contributed by atoms with Gasteiger partial charge >= 0.3 is 0 Å². The Balaban J connectivity index is 1.86. The SMILES string of the molecule is CCN1C(=c2sc3nc4ccccc4n3c2=O)C=Cc2ccccc21. The van der Waals surface area contributed by atoms with Crippen molar-refractivity contribution in [2.75, 3.05) is 11.4 Å². The Labute approximate surface area is 148 Å². The lowest BCUT2D eigenvalue weighted by Crippen LogP contribution is -2.33. The Morgan fingerprint density at radius 1 is 1.04 bits per heavy atom. The van der Waals surface area contributed by atoms with E-state index in [2.05, 4.69) is 35.0 Å². The van der Waals surface area contributed by atoms with E-state index in [9.17, 15) is 4.79 Å². The molecule has 0 fully saturated rings. The lowest BCUT2D eigenvalue weighted by atomic mass is 10.1. The van der Waals surface area contributed by atoms with Crippen LogP contribution in [0.2, 0.25) is 0 Å².